The maximum Gasteiger partial charge on any atom is 0.409 e. The van der Waals surface area contributed by atoms with Crippen LogP contribution in [0.5, 0.6) is 0 Å². The van der Waals surface area contributed by atoms with Crippen LogP contribution in [0.3, 0.4) is 0 Å². The van der Waals surface area contributed by atoms with E-state index < -0.39 is 6.09 Å². The topological polar surface area (TPSA) is 69.0 Å². The van der Waals surface area contributed by atoms with Crippen molar-refractivity contribution >= 4 is 6.09 Å². The van der Waals surface area contributed by atoms with Crippen molar-refractivity contribution in [3.05, 3.63) is 48.5 Å². The molecule has 2 rings (SSSR count). The summed E-state index contributed by atoms with van der Waals surface area (Å²) in [5.74, 6) is 0.168. The van der Waals surface area contributed by atoms with Crippen LogP contribution in [0.1, 0.15) is 25.6 Å². The van der Waals surface area contributed by atoms with Crippen LogP contribution in [-0.2, 0) is 11.3 Å². The quantitative estimate of drug-likeness (QED) is 0.908. The van der Waals surface area contributed by atoms with E-state index in [1.807, 2.05) is 44.2 Å². The zero-order chi connectivity index (χ0) is 14.4. The number of hydrogen-bond acceptors (Lipinski definition) is 4. The van der Waals surface area contributed by atoms with Gasteiger partial charge in [-0.15, -0.1) is 0 Å². The Balaban J connectivity index is 1.89. The lowest BCUT2D eigenvalue weighted by atomic mass is 10.1. The molecule has 1 N–H and O–H groups in total. The lowest BCUT2D eigenvalue weighted by molar-refractivity contribution is 0.124. The summed E-state index contributed by atoms with van der Waals surface area (Å²) in [6, 6.07) is 9.55. The Morgan fingerprint density at radius 3 is 2.70 bits per heavy atom. The third kappa shape index (κ3) is 3.81. The van der Waals surface area contributed by atoms with E-state index in [9.17, 15) is 4.79 Å². The van der Waals surface area contributed by atoms with Gasteiger partial charge < -0.3 is 4.74 Å². The van der Waals surface area contributed by atoms with Crippen LogP contribution in [0.25, 0.3) is 0 Å². The molecule has 0 saturated carbocycles. The number of benzene rings is 1. The molecule has 6 heteroatoms. The molecule has 20 heavy (non-hydrogen) atoms. The molecule has 2 aromatic rings. The Hall–Kier alpha value is -2.37. The molecular formula is C14H18N4O2. The molecule has 0 spiro atoms. The highest BCUT2D eigenvalue weighted by atomic mass is 16.5. The Kier molecular flexibility index (Phi) is 4.70. The van der Waals surface area contributed by atoms with Gasteiger partial charge in [-0.05, 0) is 11.5 Å². The first-order valence-corrected chi connectivity index (χ1v) is 6.48. The predicted molar refractivity (Wildman–Crippen MR) is 73.7 cm³/mol. The largest absolute Gasteiger partial charge is 0.445 e. The minimum Gasteiger partial charge on any atom is -0.445 e. The minimum atomic E-state index is -0.469. The number of ether oxygens (including phenoxy) is 1. The number of carbonyl (C=O) groups is 1. The molecule has 1 unspecified atom stereocenters. The molecule has 0 bridgehead atoms. The van der Waals surface area contributed by atoms with Crippen molar-refractivity contribution in [3.8, 4) is 0 Å². The molecule has 0 aliphatic heterocycles. The molecular weight excluding hydrogens is 256 g/mol. The van der Waals surface area contributed by atoms with Crippen LogP contribution in [0.4, 0.5) is 4.79 Å². The molecule has 0 saturated heterocycles. The van der Waals surface area contributed by atoms with Gasteiger partial charge in [0.25, 0.3) is 0 Å². The predicted octanol–water partition coefficient (Wildman–Crippen LogP) is 2.36. The van der Waals surface area contributed by atoms with Crippen LogP contribution < -0.4 is 5.32 Å². The van der Waals surface area contributed by atoms with Crippen LogP contribution >= 0.6 is 0 Å². The van der Waals surface area contributed by atoms with Crippen molar-refractivity contribution in [2.75, 3.05) is 0 Å². The van der Waals surface area contributed by atoms with E-state index in [1.165, 1.54) is 6.33 Å². The highest BCUT2D eigenvalue weighted by molar-refractivity contribution is 5.67. The van der Waals surface area contributed by atoms with Gasteiger partial charge in [-0.1, -0.05) is 44.2 Å². The number of rotatable bonds is 5. The van der Waals surface area contributed by atoms with Gasteiger partial charge in [-0.3, -0.25) is 5.32 Å². The fourth-order valence-corrected chi connectivity index (χ4v) is 1.78. The van der Waals surface area contributed by atoms with E-state index in [4.69, 9.17) is 4.74 Å². The molecule has 1 atom stereocenters. The molecule has 1 aromatic carbocycles. The maximum absolute atomic E-state index is 11.8. The summed E-state index contributed by atoms with van der Waals surface area (Å²) in [7, 11) is 0. The highest BCUT2D eigenvalue weighted by Gasteiger charge is 2.19. The van der Waals surface area contributed by atoms with Crippen molar-refractivity contribution in [2.24, 2.45) is 5.92 Å². The molecule has 0 aliphatic rings. The molecule has 6 nitrogen and oxygen atoms in total. The summed E-state index contributed by atoms with van der Waals surface area (Å²) >= 11 is 0. The zero-order valence-electron chi connectivity index (χ0n) is 11.6. The molecule has 0 aliphatic carbocycles. The van der Waals surface area contributed by atoms with E-state index in [0.717, 1.165) is 5.56 Å². The van der Waals surface area contributed by atoms with Gasteiger partial charge in [-0.2, -0.15) is 5.10 Å². The van der Waals surface area contributed by atoms with Crippen LogP contribution in [0.2, 0.25) is 0 Å². The van der Waals surface area contributed by atoms with E-state index in [1.54, 1.807) is 11.0 Å². The monoisotopic (exact) mass is 274 g/mol. The number of hydrogen-bond donors (Lipinski definition) is 1. The third-order valence-electron chi connectivity index (χ3n) is 2.83. The van der Waals surface area contributed by atoms with Gasteiger partial charge in [0, 0.05) is 0 Å². The average molecular weight is 274 g/mol. The number of amides is 1. The van der Waals surface area contributed by atoms with Gasteiger partial charge in [0.15, 0.2) is 0 Å². The van der Waals surface area contributed by atoms with Gasteiger partial charge >= 0.3 is 6.09 Å². The van der Waals surface area contributed by atoms with Crippen LogP contribution in [-0.4, -0.2) is 20.9 Å². The average Bonchev–Trinajstić information content (AvgIpc) is 2.97. The van der Waals surface area contributed by atoms with Crippen molar-refractivity contribution < 1.29 is 9.53 Å². The SMILES string of the molecule is CC(C)C(NC(=O)OCc1ccccc1)n1cncn1. The van der Waals surface area contributed by atoms with Crippen molar-refractivity contribution in [1.82, 2.24) is 20.1 Å². The summed E-state index contributed by atoms with van der Waals surface area (Å²) in [5, 5.41) is 6.83. The summed E-state index contributed by atoms with van der Waals surface area (Å²) in [4.78, 5) is 15.7. The molecule has 1 heterocycles. The lowest BCUT2D eigenvalue weighted by Crippen LogP contribution is -2.36. The second kappa shape index (κ2) is 6.70. The van der Waals surface area contributed by atoms with Crippen molar-refractivity contribution in [1.29, 1.82) is 0 Å². The summed E-state index contributed by atoms with van der Waals surface area (Å²) in [6.45, 7) is 4.22. The second-order valence-corrected chi connectivity index (χ2v) is 4.77. The van der Waals surface area contributed by atoms with Crippen LogP contribution in [0.15, 0.2) is 43.0 Å². The molecule has 106 valence electrons. The Bertz CT molecular complexity index is 525. The number of aromatic nitrogens is 3. The first-order chi connectivity index (χ1) is 9.66. The van der Waals surface area contributed by atoms with Gasteiger partial charge in [0.2, 0.25) is 0 Å². The number of alkyl carbamates (subject to hydrolysis) is 1. The van der Waals surface area contributed by atoms with E-state index in [2.05, 4.69) is 15.4 Å². The van der Waals surface area contributed by atoms with E-state index in [-0.39, 0.29) is 18.7 Å². The van der Waals surface area contributed by atoms with Gasteiger partial charge in [0.1, 0.15) is 25.4 Å². The molecule has 1 amide bonds. The smallest absolute Gasteiger partial charge is 0.409 e. The highest BCUT2D eigenvalue weighted by Crippen LogP contribution is 2.12. The lowest BCUT2D eigenvalue weighted by Gasteiger charge is -2.21. The van der Waals surface area contributed by atoms with Crippen molar-refractivity contribution in [3.63, 3.8) is 0 Å². The summed E-state index contributed by atoms with van der Waals surface area (Å²) < 4.78 is 6.80. The second-order valence-electron chi connectivity index (χ2n) is 4.77. The summed E-state index contributed by atoms with van der Waals surface area (Å²) in [5.41, 5.74) is 0.949. The van der Waals surface area contributed by atoms with Crippen LogP contribution in [0, 0.1) is 5.92 Å². The third-order valence-corrected chi connectivity index (χ3v) is 2.83. The first kappa shape index (κ1) is 14.0. The van der Waals surface area contributed by atoms with E-state index in [0.29, 0.717) is 0 Å². The summed E-state index contributed by atoms with van der Waals surface area (Å²) in [6.07, 6.45) is 2.26. The zero-order valence-corrected chi connectivity index (χ0v) is 11.6. The number of nitrogens with one attached hydrogen (secondary N) is 1. The molecule has 0 fully saturated rings. The van der Waals surface area contributed by atoms with E-state index >= 15 is 0 Å². The molecule has 1 aromatic heterocycles. The normalized spacial score (nSPS) is 12.2. The first-order valence-electron chi connectivity index (χ1n) is 6.48. The maximum atomic E-state index is 11.8. The number of nitrogens with zero attached hydrogens (tertiary/aromatic N) is 3. The fraction of sp³-hybridized carbons (Fsp3) is 0.357. The van der Waals surface area contributed by atoms with Gasteiger partial charge in [-0.25, -0.2) is 14.5 Å². The van der Waals surface area contributed by atoms with Crippen molar-refractivity contribution in [2.45, 2.75) is 26.6 Å². The Labute approximate surface area is 117 Å². The molecule has 0 radical (unpaired) electrons. The number of carbonyl (C=O) groups excluding carboxylic acids is 1. The minimum absolute atomic E-state index is 0.168. The Morgan fingerprint density at radius 2 is 2.10 bits per heavy atom. The Morgan fingerprint density at radius 1 is 1.35 bits per heavy atom. The fourth-order valence-electron chi connectivity index (χ4n) is 1.78. The van der Waals surface area contributed by atoms with Gasteiger partial charge in [0.05, 0.1) is 0 Å². The standard InChI is InChI=1S/C14H18N4O2/c1-11(2)13(18-10-15-9-16-18)17-14(19)20-8-12-6-4-3-5-7-12/h3-7,9-11,13H,8H2,1-2H3,(H,17,19).